The van der Waals surface area contributed by atoms with E-state index in [0.29, 0.717) is 6.42 Å². The molecule has 0 aromatic heterocycles. The van der Waals surface area contributed by atoms with Crippen LogP contribution in [0.3, 0.4) is 0 Å². The van der Waals surface area contributed by atoms with Crippen LogP contribution in [0.4, 0.5) is 0 Å². The van der Waals surface area contributed by atoms with Crippen LogP contribution >= 0.6 is 0 Å². The van der Waals surface area contributed by atoms with E-state index < -0.39 is 0 Å². The number of amides is 1. The first kappa shape index (κ1) is 24.2. The van der Waals surface area contributed by atoms with E-state index in [4.69, 9.17) is 0 Å². The van der Waals surface area contributed by atoms with Gasteiger partial charge in [-0.2, -0.15) is 0 Å². The Morgan fingerprint density at radius 3 is 1.44 bits per heavy atom. The first-order chi connectivity index (χ1) is 12.1. The zero-order valence-electron chi connectivity index (χ0n) is 17.5. The summed E-state index contributed by atoms with van der Waals surface area (Å²) >= 11 is 0. The molecule has 0 aromatic carbocycles. The Morgan fingerprint density at radius 1 is 0.760 bits per heavy atom. The van der Waals surface area contributed by atoms with Gasteiger partial charge in [-0.05, 0) is 26.5 Å². The molecule has 0 unspecified atom stereocenters. The number of rotatable bonds is 18. The Labute approximate surface area is 158 Å². The molecule has 0 aliphatic rings. The van der Waals surface area contributed by atoms with Crippen LogP contribution in [0.25, 0.3) is 0 Å². The molecule has 0 N–H and O–H groups in total. The SMILES string of the molecule is C=CN(C(=O)CCCCCCCCCCCCCCCCC)C(C)C. The Bertz CT molecular complexity index is 311. The van der Waals surface area contributed by atoms with Crippen LogP contribution in [-0.4, -0.2) is 16.8 Å². The summed E-state index contributed by atoms with van der Waals surface area (Å²) in [4.78, 5) is 13.8. The zero-order valence-corrected chi connectivity index (χ0v) is 17.5. The number of carbonyl (C=O) groups is 1. The summed E-state index contributed by atoms with van der Waals surface area (Å²) in [6, 6.07) is 0.223. The van der Waals surface area contributed by atoms with Gasteiger partial charge in [0.25, 0.3) is 0 Å². The van der Waals surface area contributed by atoms with E-state index >= 15 is 0 Å². The van der Waals surface area contributed by atoms with Crippen molar-refractivity contribution in [2.24, 2.45) is 0 Å². The topological polar surface area (TPSA) is 20.3 Å². The van der Waals surface area contributed by atoms with E-state index in [1.807, 2.05) is 13.8 Å². The number of hydrogen-bond acceptors (Lipinski definition) is 1. The highest BCUT2D eigenvalue weighted by Crippen LogP contribution is 2.14. The first-order valence-electron chi connectivity index (χ1n) is 11.1. The lowest BCUT2D eigenvalue weighted by Gasteiger charge is -2.22. The van der Waals surface area contributed by atoms with Crippen LogP contribution < -0.4 is 0 Å². The molecule has 0 heterocycles. The predicted octanol–water partition coefficient (Wildman–Crippen LogP) is 7.63. The molecule has 0 rings (SSSR count). The molecule has 0 atom stereocenters. The van der Waals surface area contributed by atoms with Crippen molar-refractivity contribution in [3.63, 3.8) is 0 Å². The second-order valence-electron chi connectivity index (χ2n) is 7.78. The molecular formula is C23H45NO. The molecule has 2 nitrogen and oxygen atoms in total. The average Bonchev–Trinajstić information content (AvgIpc) is 2.58. The monoisotopic (exact) mass is 351 g/mol. The van der Waals surface area contributed by atoms with Crippen molar-refractivity contribution >= 4 is 5.91 Å². The Balaban J connectivity index is 3.26. The van der Waals surface area contributed by atoms with Gasteiger partial charge in [0.15, 0.2) is 0 Å². The largest absolute Gasteiger partial charge is 0.317 e. The number of carbonyl (C=O) groups excluding carboxylic acids is 1. The smallest absolute Gasteiger partial charge is 0.226 e. The normalized spacial score (nSPS) is 11.0. The van der Waals surface area contributed by atoms with Gasteiger partial charge in [-0.3, -0.25) is 4.79 Å². The van der Waals surface area contributed by atoms with Gasteiger partial charge in [0.05, 0.1) is 0 Å². The molecule has 0 aromatic rings. The van der Waals surface area contributed by atoms with Crippen LogP contribution in [0.5, 0.6) is 0 Å². The summed E-state index contributed by atoms with van der Waals surface area (Å²) < 4.78 is 0. The molecule has 0 saturated carbocycles. The third-order valence-corrected chi connectivity index (χ3v) is 5.04. The van der Waals surface area contributed by atoms with Crippen LogP contribution in [0, 0.1) is 0 Å². The van der Waals surface area contributed by atoms with Crippen molar-refractivity contribution in [3.05, 3.63) is 12.8 Å². The molecule has 25 heavy (non-hydrogen) atoms. The molecule has 0 aliphatic carbocycles. The summed E-state index contributed by atoms with van der Waals surface area (Å²) in [5.74, 6) is 0.222. The number of hydrogen-bond donors (Lipinski definition) is 0. The fraction of sp³-hybridized carbons (Fsp3) is 0.870. The minimum atomic E-state index is 0.222. The van der Waals surface area contributed by atoms with Crippen molar-refractivity contribution in [1.82, 2.24) is 4.90 Å². The van der Waals surface area contributed by atoms with Gasteiger partial charge < -0.3 is 4.90 Å². The number of nitrogens with zero attached hydrogens (tertiary/aromatic N) is 1. The molecule has 1 amide bonds. The lowest BCUT2D eigenvalue weighted by molar-refractivity contribution is -0.130. The van der Waals surface area contributed by atoms with Crippen LogP contribution in [0.1, 0.15) is 124 Å². The fourth-order valence-corrected chi connectivity index (χ4v) is 3.38. The van der Waals surface area contributed by atoms with Crippen molar-refractivity contribution in [3.8, 4) is 0 Å². The maximum absolute atomic E-state index is 12.0. The minimum Gasteiger partial charge on any atom is -0.317 e. The highest BCUT2D eigenvalue weighted by molar-refractivity contribution is 5.77. The van der Waals surface area contributed by atoms with Crippen LogP contribution in [0.2, 0.25) is 0 Å². The highest BCUT2D eigenvalue weighted by Gasteiger charge is 2.12. The average molecular weight is 352 g/mol. The maximum atomic E-state index is 12.0. The number of unbranched alkanes of at least 4 members (excludes halogenated alkanes) is 14. The van der Waals surface area contributed by atoms with Crippen molar-refractivity contribution in [1.29, 1.82) is 0 Å². The van der Waals surface area contributed by atoms with Gasteiger partial charge in [0, 0.05) is 12.5 Å². The third-order valence-electron chi connectivity index (χ3n) is 5.04. The second-order valence-corrected chi connectivity index (χ2v) is 7.78. The molecule has 0 bridgehead atoms. The van der Waals surface area contributed by atoms with E-state index in [-0.39, 0.29) is 11.9 Å². The first-order valence-corrected chi connectivity index (χ1v) is 11.1. The summed E-state index contributed by atoms with van der Waals surface area (Å²) in [6.45, 7) is 10.1. The molecule has 148 valence electrons. The van der Waals surface area contributed by atoms with E-state index in [2.05, 4.69) is 13.5 Å². The van der Waals surface area contributed by atoms with Crippen LogP contribution in [-0.2, 0) is 4.79 Å². The minimum absolute atomic E-state index is 0.222. The van der Waals surface area contributed by atoms with E-state index in [1.165, 1.54) is 89.9 Å². The molecule has 0 spiro atoms. The molecular weight excluding hydrogens is 306 g/mol. The lowest BCUT2D eigenvalue weighted by atomic mass is 10.0. The molecule has 0 fully saturated rings. The summed E-state index contributed by atoms with van der Waals surface area (Å²) in [6.07, 6.45) is 22.7. The zero-order chi connectivity index (χ0) is 18.8. The standard InChI is InChI=1S/C23H45NO/c1-5-7-8-9-10-11-12-13-14-15-16-17-18-19-20-21-23(25)24(6-2)22(3)4/h6,22H,2,5,7-21H2,1,3-4H3. The Kier molecular flexibility index (Phi) is 17.4. The molecule has 0 radical (unpaired) electrons. The maximum Gasteiger partial charge on any atom is 0.226 e. The van der Waals surface area contributed by atoms with Crippen LogP contribution in [0.15, 0.2) is 12.8 Å². The van der Waals surface area contributed by atoms with Crippen molar-refractivity contribution < 1.29 is 4.79 Å². The van der Waals surface area contributed by atoms with Gasteiger partial charge in [0.1, 0.15) is 0 Å². The molecule has 0 aliphatic heterocycles. The van der Waals surface area contributed by atoms with Gasteiger partial charge in [-0.25, -0.2) is 0 Å². The van der Waals surface area contributed by atoms with E-state index in [1.54, 1.807) is 11.1 Å². The molecule has 0 saturated heterocycles. The van der Waals surface area contributed by atoms with Gasteiger partial charge in [-0.1, -0.05) is 103 Å². The molecule has 2 heteroatoms. The van der Waals surface area contributed by atoms with Gasteiger partial charge >= 0.3 is 0 Å². The van der Waals surface area contributed by atoms with Gasteiger partial charge in [0.2, 0.25) is 5.91 Å². The summed E-state index contributed by atoms with van der Waals surface area (Å²) in [7, 11) is 0. The second kappa shape index (κ2) is 18.0. The van der Waals surface area contributed by atoms with Gasteiger partial charge in [-0.15, -0.1) is 0 Å². The van der Waals surface area contributed by atoms with Crippen molar-refractivity contribution in [2.75, 3.05) is 0 Å². The predicted molar refractivity (Wildman–Crippen MR) is 112 cm³/mol. The quantitative estimate of drug-likeness (QED) is 0.232. The van der Waals surface area contributed by atoms with Crippen molar-refractivity contribution in [2.45, 2.75) is 130 Å². The lowest BCUT2D eigenvalue weighted by Crippen LogP contribution is -2.31. The Hall–Kier alpha value is -0.790. The van der Waals surface area contributed by atoms with E-state index in [0.717, 1.165) is 6.42 Å². The van der Waals surface area contributed by atoms with E-state index in [9.17, 15) is 4.79 Å². The Morgan fingerprint density at radius 2 is 1.12 bits per heavy atom. The summed E-state index contributed by atoms with van der Waals surface area (Å²) in [5, 5.41) is 0. The third kappa shape index (κ3) is 15.2. The fourth-order valence-electron chi connectivity index (χ4n) is 3.38. The highest BCUT2D eigenvalue weighted by atomic mass is 16.2. The summed E-state index contributed by atoms with van der Waals surface area (Å²) in [5.41, 5.74) is 0.